The van der Waals surface area contributed by atoms with Gasteiger partial charge in [-0.1, -0.05) is 6.92 Å². The van der Waals surface area contributed by atoms with Gasteiger partial charge in [-0.3, -0.25) is 14.5 Å². The van der Waals surface area contributed by atoms with E-state index < -0.39 is 0 Å². The Kier molecular flexibility index (Phi) is 6.09. The molecule has 1 fully saturated rings. The molecular weight excluding hydrogens is 296 g/mol. The van der Waals surface area contributed by atoms with E-state index in [4.69, 9.17) is 10.5 Å². The zero-order valence-electron chi connectivity index (χ0n) is 13.6. The third kappa shape index (κ3) is 4.28. The molecule has 1 aromatic rings. The van der Waals surface area contributed by atoms with Crippen molar-refractivity contribution in [1.29, 1.82) is 0 Å². The van der Waals surface area contributed by atoms with Crippen molar-refractivity contribution in [2.24, 2.45) is 5.73 Å². The van der Waals surface area contributed by atoms with Crippen molar-refractivity contribution >= 4 is 23.2 Å². The number of rotatable bonds is 6. The van der Waals surface area contributed by atoms with Gasteiger partial charge in [0.05, 0.1) is 6.61 Å². The summed E-state index contributed by atoms with van der Waals surface area (Å²) < 4.78 is 5.12. The second-order valence-electron chi connectivity index (χ2n) is 5.46. The van der Waals surface area contributed by atoms with Gasteiger partial charge in [-0.15, -0.1) is 0 Å². The van der Waals surface area contributed by atoms with Crippen LogP contribution in [0.2, 0.25) is 0 Å². The number of carbonyl (C=O) groups is 2. The minimum absolute atomic E-state index is 0.0548. The molecule has 1 heterocycles. The highest BCUT2D eigenvalue weighted by atomic mass is 16.5. The molecule has 7 heteroatoms. The molecule has 1 aliphatic rings. The van der Waals surface area contributed by atoms with E-state index in [-0.39, 0.29) is 31.0 Å². The van der Waals surface area contributed by atoms with E-state index in [1.807, 2.05) is 31.0 Å². The van der Waals surface area contributed by atoms with Crippen LogP contribution in [0.25, 0.3) is 0 Å². The lowest BCUT2D eigenvalue weighted by molar-refractivity contribution is -0.125. The van der Waals surface area contributed by atoms with Gasteiger partial charge in [0.15, 0.2) is 0 Å². The largest absolute Gasteiger partial charge is 0.370 e. The van der Waals surface area contributed by atoms with Crippen LogP contribution in [0.15, 0.2) is 24.3 Å². The summed E-state index contributed by atoms with van der Waals surface area (Å²) in [4.78, 5) is 27.7. The van der Waals surface area contributed by atoms with Gasteiger partial charge in [0, 0.05) is 24.5 Å². The van der Waals surface area contributed by atoms with E-state index in [1.54, 1.807) is 17.0 Å². The van der Waals surface area contributed by atoms with E-state index in [1.165, 1.54) is 0 Å². The van der Waals surface area contributed by atoms with Crippen LogP contribution < -0.4 is 16.0 Å². The molecule has 0 radical (unpaired) electrons. The fourth-order valence-electron chi connectivity index (χ4n) is 2.45. The van der Waals surface area contributed by atoms with Crippen molar-refractivity contribution < 1.29 is 14.3 Å². The third-order valence-electron chi connectivity index (χ3n) is 3.99. The molecule has 1 saturated heterocycles. The number of benzene rings is 1. The predicted molar refractivity (Wildman–Crippen MR) is 89.4 cm³/mol. The van der Waals surface area contributed by atoms with Crippen LogP contribution in [0.3, 0.4) is 0 Å². The Morgan fingerprint density at radius 3 is 2.70 bits per heavy atom. The Labute approximate surface area is 136 Å². The number of amides is 2. The first-order valence-electron chi connectivity index (χ1n) is 7.76. The van der Waals surface area contributed by atoms with Gasteiger partial charge in [0.1, 0.15) is 12.6 Å². The molecule has 0 spiro atoms. The summed E-state index contributed by atoms with van der Waals surface area (Å²) in [6.07, 6.45) is 0. The molecule has 2 rings (SSSR count). The lowest BCUT2D eigenvalue weighted by Gasteiger charge is -2.27. The van der Waals surface area contributed by atoms with Crippen LogP contribution >= 0.6 is 0 Å². The number of anilines is 2. The molecule has 0 saturated carbocycles. The van der Waals surface area contributed by atoms with Crippen LogP contribution in [0.5, 0.6) is 0 Å². The van der Waals surface area contributed by atoms with Crippen molar-refractivity contribution in [1.82, 2.24) is 4.90 Å². The van der Waals surface area contributed by atoms with Crippen LogP contribution in [-0.2, 0) is 14.3 Å². The van der Waals surface area contributed by atoms with E-state index in [2.05, 4.69) is 5.32 Å². The monoisotopic (exact) mass is 320 g/mol. The SMILES string of the molecule is CCN(C)[C@@H](CN)C(=O)Nc1ccc(N2CCOCC2=O)cc1. The summed E-state index contributed by atoms with van der Waals surface area (Å²) in [7, 11) is 1.87. The molecule has 3 N–H and O–H groups in total. The van der Waals surface area contributed by atoms with Gasteiger partial charge in [-0.05, 0) is 37.9 Å². The topological polar surface area (TPSA) is 87.9 Å². The number of morpholine rings is 1. The van der Waals surface area contributed by atoms with Gasteiger partial charge in [0.25, 0.3) is 5.91 Å². The number of nitrogens with one attached hydrogen (secondary N) is 1. The van der Waals surface area contributed by atoms with Crippen molar-refractivity contribution in [3.63, 3.8) is 0 Å². The summed E-state index contributed by atoms with van der Waals surface area (Å²) in [6, 6.07) is 6.85. The van der Waals surface area contributed by atoms with Gasteiger partial charge >= 0.3 is 0 Å². The van der Waals surface area contributed by atoms with E-state index in [9.17, 15) is 9.59 Å². The lowest BCUT2D eigenvalue weighted by atomic mass is 10.2. The highest BCUT2D eigenvalue weighted by Crippen LogP contribution is 2.19. The van der Waals surface area contributed by atoms with Gasteiger partial charge in [-0.2, -0.15) is 0 Å². The average molecular weight is 320 g/mol. The number of ether oxygens (including phenoxy) is 1. The normalized spacial score (nSPS) is 16.5. The number of hydrogen-bond donors (Lipinski definition) is 2. The minimum atomic E-state index is -0.361. The lowest BCUT2D eigenvalue weighted by Crippen LogP contribution is -2.46. The fraction of sp³-hybridized carbons (Fsp3) is 0.500. The number of carbonyl (C=O) groups excluding carboxylic acids is 2. The summed E-state index contributed by atoms with van der Waals surface area (Å²) in [6.45, 7) is 4.17. The molecule has 1 aliphatic heterocycles. The molecule has 2 amide bonds. The Morgan fingerprint density at radius 2 is 2.13 bits per heavy atom. The molecule has 1 atom stereocenters. The van der Waals surface area contributed by atoms with Crippen LogP contribution in [0.4, 0.5) is 11.4 Å². The molecule has 7 nitrogen and oxygen atoms in total. The van der Waals surface area contributed by atoms with Crippen LogP contribution in [0, 0.1) is 0 Å². The number of nitrogens with zero attached hydrogens (tertiary/aromatic N) is 2. The van der Waals surface area contributed by atoms with Gasteiger partial charge < -0.3 is 20.7 Å². The summed E-state index contributed by atoms with van der Waals surface area (Å²) in [5.41, 5.74) is 7.17. The summed E-state index contributed by atoms with van der Waals surface area (Å²) >= 11 is 0. The molecule has 0 unspecified atom stereocenters. The first-order valence-corrected chi connectivity index (χ1v) is 7.76. The quantitative estimate of drug-likeness (QED) is 0.785. The number of likely N-dealkylation sites (N-methyl/N-ethyl adjacent to an activating group) is 1. The Balaban J connectivity index is 2.02. The molecule has 0 aliphatic carbocycles. The highest BCUT2D eigenvalue weighted by molar-refractivity contribution is 5.97. The molecule has 0 aromatic heterocycles. The Bertz CT molecular complexity index is 547. The van der Waals surface area contributed by atoms with Crippen molar-refractivity contribution in [3.8, 4) is 0 Å². The molecule has 0 bridgehead atoms. The predicted octanol–water partition coefficient (Wildman–Crippen LogP) is 0.267. The maximum absolute atomic E-state index is 12.3. The highest BCUT2D eigenvalue weighted by Gasteiger charge is 2.22. The average Bonchev–Trinajstić information content (AvgIpc) is 2.56. The first kappa shape index (κ1) is 17.4. The Morgan fingerprint density at radius 1 is 1.43 bits per heavy atom. The van der Waals surface area contributed by atoms with Gasteiger partial charge in [-0.25, -0.2) is 0 Å². The molecule has 23 heavy (non-hydrogen) atoms. The maximum Gasteiger partial charge on any atom is 0.253 e. The Hall–Kier alpha value is -1.96. The fourth-order valence-corrected chi connectivity index (χ4v) is 2.45. The maximum atomic E-state index is 12.3. The standard InChI is InChI=1S/C16H24N4O3/c1-3-19(2)14(10-17)16(22)18-12-4-6-13(7-5-12)20-8-9-23-11-15(20)21/h4-7,14H,3,8-11,17H2,1-2H3,(H,18,22)/t14-/m0/s1. The summed E-state index contributed by atoms with van der Waals surface area (Å²) in [5, 5.41) is 2.86. The van der Waals surface area contributed by atoms with Crippen molar-refractivity contribution in [2.45, 2.75) is 13.0 Å². The number of hydrogen-bond acceptors (Lipinski definition) is 5. The van der Waals surface area contributed by atoms with Crippen LogP contribution in [-0.4, -0.2) is 62.7 Å². The second kappa shape index (κ2) is 8.05. The second-order valence-corrected chi connectivity index (χ2v) is 5.46. The zero-order chi connectivity index (χ0) is 16.8. The summed E-state index contributed by atoms with van der Waals surface area (Å²) in [5.74, 6) is -0.187. The minimum Gasteiger partial charge on any atom is -0.370 e. The first-order chi connectivity index (χ1) is 11.1. The van der Waals surface area contributed by atoms with Crippen molar-refractivity contribution in [2.75, 3.05) is 50.1 Å². The van der Waals surface area contributed by atoms with E-state index in [0.717, 1.165) is 12.2 Å². The molecule has 126 valence electrons. The smallest absolute Gasteiger partial charge is 0.253 e. The third-order valence-corrected chi connectivity index (χ3v) is 3.99. The van der Waals surface area contributed by atoms with Gasteiger partial charge in [0.2, 0.25) is 5.91 Å². The zero-order valence-corrected chi connectivity index (χ0v) is 13.6. The molecular formula is C16H24N4O3. The van der Waals surface area contributed by atoms with Crippen LogP contribution in [0.1, 0.15) is 6.92 Å². The van der Waals surface area contributed by atoms with E-state index >= 15 is 0 Å². The van der Waals surface area contributed by atoms with E-state index in [0.29, 0.717) is 18.8 Å². The molecule has 1 aromatic carbocycles. The van der Waals surface area contributed by atoms with Crippen molar-refractivity contribution in [3.05, 3.63) is 24.3 Å². The number of nitrogens with two attached hydrogens (primary N) is 1.